The van der Waals surface area contributed by atoms with Gasteiger partial charge in [0.15, 0.2) is 5.82 Å². The zero-order valence-electron chi connectivity index (χ0n) is 16.3. The molecule has 2 aromatic carbocycles. The molecule has 0 aliphatic heterocycles. The van der Waals surface area contributed by atoms with Gasteiger partial charge in [0.2, 0.25) is 0 Å². The van der Waals surface area contributed by atoms with Crippen molar-refractivity contribution >= 4 is 22.6 Å². The monoisotopic (exact) mass is 425 g/mol. The second-order valence-corrected chi connectivity index (χ2v) is 6.65. The van der Waals surface area contributed by atoms with Crippen molar-refractivity contribution in [3.05, 3.63) is 66.0 Å². The van der Waals surface area contributed by atoms with Crippen molar-refractivity contribution < 1.29 is 23.4 Å². The lowest BCUT2D eigenvalue weighted by Gasteiger charge is -2.08. The minimum Gasteiger partial charge on any atom is -0.435 e. The molecule has 1 amide bonds. The van der Waals surface area contributed by atoms with Crippen molar-refractivity contribution in [3.8, 4) is 16.9 Å². The molecule has 31 heavy (non-hydrogen) atoms. The highest BCUT2D eigenvalue weighted by Gasteiger charge is 2.13. The molecule has 0 atom stereocenters. The summed E-state index contributed by atoms with van der Waals surface area (Å²) in [7, 11) is 1.75. The Hall–Kier alpha value is -3.92. The van der Waals surface area contributed by atoms with Crippen molar-refractivity contribution in [2.24, 2.45) is 7.05 Å². The Labute approximate surface area is 175 Å². The number of ether oxygens (including phenoxy) is 1. The number of fused-ring (bicyclic) bond motifs is 1. The molecule has 0 saturated carbocycles. The van der Waals surface area contributed by atoms with Gasteiger partial charge in [-0.25, -0.2) is 0 Å². The van der Waals surface area contributed by atoms with Crippen LogP contribution in [0.2, 0.25) is 0 Å². The lowest BCUT2D eigenvalue weighted by atomic mass is 10.0. The number of aliphatic hydroxyl groups excluding tert-OH is 1. The number of aromatic nitrogens is 4. The molecule has 2 N–H and O–H groups in total. The fraction of sp³-hybridized carbons (Fsp3) is 0.143. The molecule has 158 valence electrons. The average Bonchev–Trinajstić information content (AvgIpc) is 3.13. The lowest BCUT2D eigenvalue weighted by molar-refractivity contribution is -0.0498. The number of carbonyl (C=O) groups is 1. The van der Waals surface area contributed by atoms with E-state index in [1.54, 1.807) is 30.1 Å². The summed E-state index contributed by atoms with van der Waals surface area (Å²) < 4.78 is 30.4. The van der Waals surface area contributed by atoms with Crippen LogP contribution in [0.15, 0.2) is 54.7 Å². The molecule has 10 heteroatoms. The summed E-state index contributed by atoms with van der Waals surface area (Å²) >= 11 is 0. The van der Waals surface area contributed by atoms with E-state index in [4.69, 9.17) is 0 Å². The lowest BCUT2D eigenvalue weighted by Crippen LogP contribution is -2.13. The predicted octanol–water partition coefficient (Wildman–Crippen LogP) is 3.38. The molecule has 0 saturated heterocycles. The number of rotatable bonds is 6. The van der Waals surface area contributed by atoms with Gasteiger partial charge in [-0.3, -0.25) is 9.48 Å². The maximum absolute atomic E-state index is 12.5. The van der Waals surface area contributed by atoms with E-state index in [9.17, 15) is 18.7 Å². The zero-order chi connectivity index (χ0) is 22.0. The van der Waals surface area contributed by atoms with Gasteiger partial charge in [-0.2, -0.15) is 13.9 Å². The second-order valence-electron chi connectivity index (χ2n) is 6.65. The molecule has 2 aromatic heterocycles. The molecule has 0 bridgehead atoms. The van der Waals surface area contributed by atoms with Gasteiger partial charge in [-0.1, -0.05) is 6.07 Å². The first-order valence-corrected chi connectivity index (χ1v) is 9.20. The van der Waals surface area contributed by atoms with E-state index < -0.39 is 12.5 Å². The van der Waals surface area contributed by atoms with E-state index in [1.807, 2.05) is 12.1 Å². The Morgan fingerprint density at radius 2 is 1.94 bits per heavy atom. The van der Waals surface area contributed by atoms with Crippen LogP contribution in [-0.2, 0) is 13.7 Å². The number of carbonyl (C=O) groups excluding carboxylic acids is 1. The number of hydrogen-bond donors (Lipinski definition) is 2. The molecule has 0 spiro atoms. The summed E-state index contributed by atoms with van der Waals surface area (Å²) in [6.45, 7) is -3.08. The third kappa shape index (κ3) is 4.33. The average molecular weight is 425 g/mol. The van der Waals surface area contributed by atoms with Crippen LogP contribution in [0.1, 0.15) is 16.1 Å². The summed E-state index contributed by atoms with van der Waals surface area (Å²) in [5, 5.41) is 25.3. The summed E-state index contributed by atoms with van der Waals surface area (Å²) in [4.78, 5) is 12.5. The van der Waals surface area contributed by atoms with Gasteiger partial charge in [-0.05, 0) is 48.0 Å². The normalized spacial score (nSPS) is 11.1. The van der Waals surface area contributed by atoms with Crippen LogP contribution in [0.25, 0.3) is 22.0 Å². The van der Waals surface area contributed by atoms with Crippen molar-refractivity contribution in [3.63, 3.8) is 0 Å². The fourth-order valence-electron chi connectivity index (χ4n) is 3.14. The molecule has 0 fully saturated rings. The maximum Gasteiger partial charge on any atom is 0.387 e. The number of nitrogens with one attached hydrogen (secondary N) is 1. The zero-order valence-corrected chi connectivity index (χ0v) is 16.3. The van der Waals surface area contributed by atoms with Crippen molar-refractivity contribution in [1.82, 2.24) is 20.0 Å². The molecule has 0 radical (unpaired) electrons. The molecular formula is C21H17F2N5O3. The number of aliphatic hydroxyl groups is 1. The largest absolute Gasteiger partial charge is 0.435 e. The molecule has 4 aromatic rings. The number of halogens is 2. The first-order chi connectivity index (χ1) is 14.9. The van der Waals surface area contributed by atoms with Gasteiger partial charge < -0.3 is 15.2 Å². The van der Waals surface area contributed by atoms with Crippen LogP contribution in [0, 0.1) is 0 Å². The van der Waals surface area contributed by atoms with E-state index in [0.29, 0.717) is 11.2 Å². The molecule has 0 aliphatic rings. The van der Waals surface area contributed by atoms with Crippen LogP contribution < -0.4 is 10.1 Å². The highest BCUT2D eigenvalue weighted by atomic mass is 19.3. The Kier molecular flexibility index (Phi) is 5.54. The number of hydrogen-bond acceptors (Lipinski definition) is 6. The summed E-state index contributed by atoms with van der Waals surface area (Å²) in [5.41, 5.74) is 3.18. The Morgan fingerprint density at radius 3 is 2.65 bits per heavy atom. The number of alkyl halides is 2. The van der Waals surface area contributed by atoms with Gasteiger partial charge >= 0.3 is 6.61 Å². The minimum atomic E-state index is -2.93. The van der Waals surface area contributed by atoms with E-state index in [0.717, 1.165) is 16.5 Å². The van der Waals surface area contributed by atoms with Crippen molar-refractivity contribution in [1.29, 1.82) is 0 Å². The van der Waals surface area contributed by atoms with Gasteiger partial charge in [0.05, 0.1) is 24.0 Å². The highest BCUT2D eigenvalue weighted by Crippen LogP contribution is 2.27. The van der Waals surface area contributed by atoms with Gasteiger partial charge in [-0.15, -0.1) is 10.2 Å². The van der Waals surface area contributed by atoms with E-state index in [2.05, 4.69) is 25.3 Å². The smallest absolute Gasteiger partial charge is 0.387 e. The number of aryl methyl sites for hydroxylation is 1. The van der Waals surface area contributed by atoms with Crippen LogP contribution in [0.5, 0.6) is 5.75 Å². The first kappa shape index (κ1) is 20.4. The number of nitrogens with zero attached hydrogens (tertiary/aromatic N) is 4. The van der Waals surface area contributed by atoms with E-state index in [-0.39, 0.29) is 23.7 Å². The molecule has 4 rings (SSSR count). The van der Waals surface area contributed by atoms with E-state index in [1.165, 1.54) is 24.3 Å². The van der Waals surface area contributed by atoms with Crippen LogP contribution in [-0.4, -0.2) is 37.6 Å². The first-order valence-electron chi connectivity index (χ1n) is 9.20. The topological polar surface area (TPSA) is 102 Å². The van der Waals surface area contributed by atoms with Crippen molar-refractivity contribution in [2.75, 3.05) is 5.32 Å². The minimum absolute atomic E-state index is 0.0396. The van der Waals surface area contributed by atoms with Crippen molar-refractivity contribution in [2.45, 2.75) is 13.2 Å². The second kappa shape index (κ2) is 8.44. The third-order valence-electron chi connectivity index (χ3n) is 4.69. The Balaban J connectivity index is 1.57. The summed E-state index contributed by atoms with van der Waals surface area (Å²) in [6, 6.07) is 12.5. The van der Waals surface area contributed by atoms with Crippen LogP contribution in [0.3, 0.4) is 0 Å². The maximum atomic E-state index is 12.5. The quantitative estimate of drug-likeness (QED) is 0.491. The van der Waals surface area contributed by atoms with Crippen LogP contribution in [0.4, 0.5) is 14.6 Å². The van der Waals surface area contributed by atoms with Gasteiger partial charge in [0, 0.05) is 23.6 Å². The summed E-state index contributed by atoms with van der Waals surface area (Å²) in [5.74, 6) is -0.276. The van der Waals surface area contributed by atoms with Gasteiger partial charge in [0.25, 0.3) is 5.91 Å². The molecule has 0 aliphatic carbocycles. The fourth-order valence-corrected chi connectivity index (χ4v) is 3.14. The number of amides is 1. The third-order valence-corrected chi connectivity index (χ3v) is 4.69. The molecule has 0 unspecified atom stereocenters. The Morgan fingerprint density at radius 1 is 1.16 bits per heavy atom. The molecule has 2 heterocycles. The molecule has 8 nitrogen and oxygen atoms in total. The Bertz CT molecular complexity index is 1240. The van der Waals surface area contributed by atoms with E-state index >= 15 is 0 Å². The number of anilines is 1. The highest BCUT2D eigenvalue weighted by molar-refractivity contribution is 6.04. The number of benzene rings is 2. The van der Waals surface area contributed by atoms with Crippen LogP contribution >= 0.6 is 0 Å². The van der Waals surface area contributed by atoms with Gasteiger partial charge in [0.1, 0.15) is 5.75 Å². The standard InChI is InChI=1S/C21H17F2N5O3/c1-28-18(11-29)16(10-24-28)13-4-7-17-14(8-13)9-19(27-26-17)25-20(30)12-2-5-15(6-3-12)31-21(22)23/h2-10,21,29H,11H2,1H3,(H,25,27,30). The summed E-state index contributed by atoms with van der Waals surface area (Å²) in [6.07, 6.45) is 1.67. The molecular weight excluding hydrogens is 408 g/mol. The SMILES string of the molecule is Cn1ncc(-c2ccc3nnc(NC(=O)c4ccc(OC(F)F)cc4)cc3c2)c1CO. The predicted molar refractivity (Wildman–Crippen MR) is 109 cm³/mol.